The summed E-state index contributed by atoms with van der Waals surface area (Å²) in [6.07, 6.45) is 5.36. The van der Waals surface area contributed by atoms with Crippen molar-refractivity contribution in [1.82, 2.24) is 0 Å². The number of nitriles is 1. The molecule has 1 saturated carbocycles. The summed E-state index contributed by atoms with van der Waals surface area (Å²) in [5.41, 5.74) is 0. The molecule has 0 saturated heterocycles. The fourth-order valence-electron chi connectivity index (χ4n) is 1.48. The fourth-order valence-corrected chi connectivity index (χ4v) is 1.48. The highest BCUT2D eigenvalue weighted by molar-refractivity contribution is 5.78. The minimum absolute atomic E-state index is 0.00259. The largest absolute Gasteiger partial charge is 0.300 e. The van der Waals surface area contributed by atoms with Gasteiger partial charge in [-0.15, -0.1) is 0 Å². The van der Waals surface area contributed by atoms with Gasteiger partial charge in [-0.05, 0) is 12.8 Å². The van der Waals surface area contributed by atoms with Crippen LogP contribution in [0.3, 0.4) is 0 Å². The first-order valence-electron chi connectivity index (χ1n) is 4.24. The van der Waals surface area contributed by atoms with Crippen LogP contribution in [0, 0.1) is 17.2 Å². The molecule has 11 heavy (non-hydrogen) atoms. The Labute approximate surface area is 67.2 Å². The van der Waals surface area contributed by atoms with Gasteiger partial charge in [0.15, 0.2) is 0 Å². The second kappa shape index (κ2) is 4.12. The third-order valence-electron chi connectivity index (χ3n) is 2.16. The van der Waals surface area contributed by atoms with E-state index in [1.807, 2.05) is 0 Å². The molecule has 1 fully saturated rings. The van der Waals surface area contributed by atoms with Crippen LogP contribution in [0.2, 0.25) is 0 Å². The van der Waals surface area contributed by atoms with E-state index in [1.165, 1.54) is 0 Å². The standard InChI is InChI=1S/C9H13NO/c10-7-8-4-2-1-3-5-9(11)6-8/h8H,1-6H2. The number of Topliss-reactive ketones (excluding diaryl/α,β-unsaturated/α-hetero) is 1. The molecule has 0 radical (unpaired) electrons. The average Bonchev–Trinajstić information content (AvgIpc) is 1.96. The van der Waals surface area contributed by atoms with Crippen LogP contribution in [0.25, 0.3) is 0 Å². The maximum Gasteiger partial charge on any atom is 0.134 e. The Hall–Kier alpha value is -0.840. The number of carbonyl (C=O) groups is 1. The van der Waals surface area contributed by atoms with Crippen LogP contribution in [0.5, 0.6) is 0 Å². The molecule has 1 rings (SSSR count). The summed E-state index contributed by atoms with van der Waals surface area (Å²) in [7, 11) is 0. The van der Waals surface area contributed by atoms with E-state index in [0.717, 1.165) is 25.7 Å². The van der Waals surface area contributed by atoms with Crippen LogP contribution < -0.4 is 0 Å². The van der Waals surface area contributed by atoms with Gasteiger partial charge in [0.05, 0.1) is 12.0 Å². The lowest BCUT2D eigenvalue weighted by atomic mass is 9.92. The molecule has 0 heterocycles. The van der Waals surface area contributed by atoms with Crippen molar-refractivity contribution in [2.75, 3.05) is 0 Å². The fraction of sp³-hybridized carbons (Fsp3) is 0.778. The van der Waals surface area contributed by atoms with Crippen LogP contribution in [-0.2, 0) is 4.79 Å². The van der Waals surface area contributed by atoms with Crippen LogP contribution >= 0.6 is 0 Å². The molecule has 0 bridgehead atoms. The lowest BCUT2D eigenvalue weighted by molar-refractivity contribution is -0.120. The molecule has 0 aromatic carbocycles. The van der Waals surface area contributed by atoms with Crippen molar-refractivity contribution in [3.05, 3.63) is 0 Å². The third kappa shape index (κ3) is 2.71. The molecule has 0 spiro atoms. The molecule has 60 valence electrons. The Balaban J connectivity index is 2.43. The van der Waals surface area contributed by atoms with E-state index in [0.29, 0.717) is 12.8 Å². The number of hydrogen-bond donors (Lipinski definition) is 0. The van der Waals surface area contributed by atoms with Crippen LogP contribution in [0.4, 0.5) is 0 Å². The first kappa shape index (κ1) is 8.26. The maximum atomic E-state index is 11.1. The molecule has 0 amide bonds. The smallest absolute Gasteiger partial charge is 0.134 e. The van der Waals surface area contributed by atoms with Crippen LogP contribution in [-0.4, -0.2) is 5.78 Å². The van der Waals surface area contributed by atoms with E-state index < -0.39 is 0 Å². The Morgan fingerprint density at radius 1 is 1.36 bits per heavy atom. The lowest BCUT2D eigenvalue weighted by Crippen LogP contribution is -2.09. The first-order chi connectivity index (χ1) is 5.33. The number of carbonyl (C=O) groups excluding carboxylic acids is 1. The van der Waals surface area contributed by atoms with Gasteiger partial charge in [0.25, 0.3) is 0 Å². The number of nitrogens with zero attached hydrogens (tertiary/aromatic N) is 1. The molecular weight excluding hydrogens is 138 g/mol. The average molecular weight is 151 g/mol. The number of ketones is 1. The monoisotopic (exact) mass is 151 g/mol. The Bertz CT molecular complexity index is 180. The van der Waals surface area contributed by atoms with E-state index >= 15 is 0 Å². The summed E-state index contributed by atoms with van der Waals surface area (Å²) in [5.74, 6) is 0.277. The first-order valence-corrected chi connectivity index (χ1v) is 4.24. The van der Waals surface area contributed by atoms with Crippen LogP contribution in [0.1, 0.15) is 38.5 Å². The normalized spacial score (nSPS) is 26.8. The second-order valence-corrected chi connectivity index (χ2v) is 3.17. The number of rotatable bonds is 0. The Kier molecular flexibility index (Phi) is 3.10. The van der Waals surface area contributed by atoms with Gasteiger partial charge in [0.2, 0.25) is 0 Å². The molecule has 2 heteroatoms. The topological polar surface area (TPSA) is 40.9 Å². The van der Waals surface area contributed by atoms with Crippen LogP contribution in [0.15, 0.2) is 0 Å². The van der Waals surface area contributed by atoms with Gasteiger partial charge in [-0.2, -0.15) is 5.26 Å². The van der Waals surface area contributed by atoms with Crippen molar-refractivity contribution >= 4 is 5.78 Å². The van der Waals surface area contributed by atoms with Gasteiger partial charge in [-0.3, -0.25) is 4.79 Å². The second-order valence-electron chi connectivity index (χ2n) is 3.17. The van der Waals surface area contributed by atoms with Crippen molar-refractivity contribution in [2.45, 2.75) is 38.5 Å². The van der Waals surface area contributed by atoms with E-state index in [1.54, 1.807) is 0 Å². The Morgan fingerprint density at radius 3 is 2.91 bits per heavy atom. The summed E-state index contributed by atoms with van der Waals surface area (Å²) < 4.78 is 0. The van der Waals surface area contributed by atoms with E-state index in [2.05, 4.69) is 6.07 Å². The summed E-state index contributed by atoms with van der Waals surface area (Å²) in [6, 6.07) is 2.18. The van der Waals surface area contributed by atoms with Crippen molar-refractivity contribution in [2.24, 2.45) is 5.92 Å². The zero-order valence-corrected chi connectivity index (χ0v) is 6.68. The van der Waals surface area contributed by atoms with Gasteiger partial charge in [-0.25, -0.2) is 0 Å². The van der Waals surface area contributed by atoms with E-state index in [9.17, 15) is 4.79 Å². The van der Waals surface area contributed by atoms with Crippen molar-refractivity contribution in [1.29, 1.82) is 5.26 Å². The summed E-state index contributed by atoms with van der Waals surface area (Å²) >= 11 is 0. The molecule has 0 aliphatic heterocycles. The molecular formula is C9H13NO. The molecule has 0 N–H and O–H groups in total. The predicted molar refractivity (Wildman–Crippen MR) is 41.8 cm³/mol. The highest BCUT2D eigenvalue weighted by Gasteiger charge is 2.15. The highest BCUT2D eigenvalue weighted by Crippen LogP contribution is 2.19. The minimum Gasteiger partial charge on any atom is -0.300 e. The lowest BCUT2D eigenvalue weighted by Gasteiger charge is -2.11. The molecule has 0 aromatic rings. The predicted octanol–water partition coefficient (Wildman–Crippen LogP) is 2.05. The summed E-state index contributed by atoms with van der Waals surface area (Å²) in [5, 5.41) is 8.62. The third-order valence-corrected chi connectivity index (χ3v) is 2.16. The number of hydrogen-bond acceptors (Lipinski definition) is 2. The molecule has 1 aliphatic carbocycles. The van der Waals surface area contributed by atoms with Gasteiger partial charge in [0.1, 0.15) is 5.78 Å². The van der Waals surface area contributed by atoms with Crippen molar-refractivity contribution in [3.63, 3.8) is 0 Å². The molecule has 1 atom stereocenters. The van der Waals surface area contributed by atoms with Gasteiger partial charge in [-0.1, -0.05) is 12.8 Å². The quantitative estimate of drug-likeness (QED) is 0.531. The summed E-state index contributed by atoms with van der Waals surface area (Å²) in [4.78, 5) is 11.1. The van der Waals surface area contributed by atoms with Crippen molar-refractivity contribution in [3.8, 4) is 6.07 Å². The van der Waals surface area contributed by atoms with Gasteiger partial charge < -0.3 is 0 Å². The zero-order chi connectivity index (χ0) is 8.10. The summed E-state index contributed by atoms with van der Waals surface area (Å²) in [6.45, 7) is 0. The maximum absolute atomic E-state index is 11.1. The SMILES string of the molecule is N#CC1CCCCCC(=O)C1. The molecule has 1 unspecified atom stereocenters. The zero-order valence-electron chi connectivity index (χ0n) is 6.68. The molecule has 2 nitrogen and oxygen atoms in total. The molecule has 1 aliphatic rings. The van der Waals surface area contributed by atoms with Gasteiger partial charge >= 0.3 is 0 Å². The molecule has 0 aromatic heterocycles. The van der Waals surface area contributed by atoms with Gasteiger partial charge in [0, 0.05) is 12.8 Å². The Morgan fingerprint density at radius 2 is 2.18 bits per heavy atom. The van der Waals surface area contributed by atoms with E-state index in [-0.39, 0.29) is 11.7 Å². The highest BCUT2D eigenvalue weighted by atomic mass is 16.1. The van der Waals surface area contributed by atoms with E-state index in [4.69, 9.17) is 5.26 Å². The minimum atomic E-state index is 0.00259. The van der Waals surface area contributed by atoms with Crippen molar-refractivity contribution < 1.29 is 4.79 Å².